The van der Waals surface area contributed by atoms with E-state index in [2.05, 4.69) is 0 Å². The van der Waals surface area contributed by atoms with Gasteiger partial charge in [-0.15, -0.1) is 0 Å². The van der Waals surface area contributed by atoms with Crippen LogP contribution < -0.4 is 9.47 Å². The molecule has 0 aliphatic rings. The van der Waals surface area contributed by atoms with Crippen LogP contribution in [0.25, 0.3) is 0 Å². The quantitative estimate of drug-likeness (QED) is 0.786. The summed E-state index contributed by atoms with van der Waals surface area (Å²) in [5.41, 5.74) is 0. The summed E-state index contributed by atoms with van der Waals surface area (Å²) in [5.74, 6) is 1.32. The van der Waals surface area contributed by atoms with E-state index in [1.165, 1.54) is 0 Å². The van der Waals surface area contributed by atoms with Crippen molar-refractivity contribution in [2.45, 2.75) is 0 Å². The van der Waals surface area contributed by atoms with Crippen molar-refractivity contribution in [2.24, 2.45) is 0 Å². The Bertz CT molecular complexity index is 587. The normalized spacial score (nSPS) is 10.1. The summed E-state index contributed by atoms with van der Waals surface area (Å²) in [6.45, 7) is 0.913. The van der Waals surface area contributed by atoms with Crippen molar-refractivity contribution in [2.75, 3.05) is 26.8 Å². The Morgan fingerprint density at radius 2 is 1.64 bits per heavy atom. The summed E-state index contributed by atoms with van der Waals surface area (Å²) in [6, 6.07) is 16.4. The fourth-order valence-electron chi connectivity index (χ4n) is 1.73. The van der Waals surface area contributed by atoms with Gasteiger partial charge in [0.2, 0.25) is 0 Å². The summed E-state index contributed by atoms with van der Waals surface area (Å²) in [6.07, 6.45) is 0. The van der Waals surface area contributed by atoms with Crippen molar-refractivity contribution < 1.29 is 14.3 Å². The zero-order valence-electron chi connectivity index (χ0n) is 12.4. The second-order valence-electron chi connectivity index (χ2n) is 4.72. The SMILES string of the molecule is CN(CCOc1ccc(Cl)cc1)C(=O)COc1ccccc1. The molecule has 0 aliphatic heterocycles. The molecule has 2 aromatic carbocycles. The predicted molar refractivity (Wildman–Crippen MR) is 86.5 cm³/mol. The Labute approximate surface area is 135 Å². The standard InChI is InChI=1S/C17H18ClNO3/c1-19(11-12-21-16-9-7-14(18)8-10-16)17(20)13-22-15-5-3-2-4-6-15/h2-10H,11-13H2,1H3. The molecule has 0 heterocycles. The van der Waals surface area contributed by atoms with Gasteiger partial charge in [0.1, 0.15) is 18.1 Å². The molecule has 2 rings (SSSR count). The smallest absolute Gasteiger partial charge is 0.260 e. The molecule has 0 radical (unpaired) electrons. The molecule has 2 aromatic rings. The molecule has 5 heteroatoms. The van der Waals surface area contributed by atoms with E-state index in [0.717, 1.165) is 5.75 Å². The van der Waals surface area contributed by atoms with Gasteiger partial charge < -0.3 is 14.4 Å². The lowest BCUT2D eigenvalue weighted by Crippen LogP contribution is -2.34. The van der Waals surface area contributed by atoms with E-state index < -0.39 is 0 Å². The molecule has 0 fully saturated rings. The summed E-state index contributed by atoms with van der Waals surface area (Å²) >= 11 is 5.80. The van der Waals surface area contributed by atoms with Crippen molar-refractivity contribution in [3.05, 3.63) is 59.6 Å². The molecular weight excluding hydrogens is 302 g/mol. The second kappa shape index (κ2) is 8.29. The summed E-state index contributed by atoms with van der Waals surface area (Å²) in [4.78, 5) is 13.5. The maximum Gasteiger partial charge on any atom is 0.260 e. The Morgan fingerprint density at radius 3 is 2.32 bits per heavy atom. The minimum Gasteiger partial charge on any atom is -0.492 e. The van der Waals surface area contributed by atoms with Gasteiger partial charge in [0.15, 0.2) is 6.61 Å². The van der Waals surface area contributed by atoms with Gasteiger partial charge in [-0.1, -0.05) is 29.8 Å². The first-order valence-electron chi connectivity index (χ1n) is 6.95. The molecule has 4 nitrogen and oxygen atoms in total. The van der Waals surface area contributed by atoms with E-state index >= 15 is 0 Å². The van der Waals surface area contributed by atoms with Crippen LogP contribution in [0.1, 0.15) is 0 Å². The molecule has 0 saturated carbocycles. The Balaban J connectivity index is 1.69. The molecule has 0 aliphatic carbocycles. The molecule has 0 saturated heterocycles. The van der Waals surface area contributed by atoms with Crippen molar-refractivity contribution in [3.8, 4) is 11.5 Å². The molecule has 0 bridgehead atoms. The van der Waals surface area contributed by atoms with Crippen LogP contribution in [0.4, 0.5) is 0 Å². The van der Waals surface area contributed by atoms with Crippen molar-refractivity contribution in [1.82, 2.24) is 4.90 Å². The lowest BCUT2D eigenvalue weighted by Gasteiger charge is -2.17. The van der Waals surface area contributed by atoms with Crippen molar-refractivity contribution in [3.63, 3.8) is 0 Å². The Morgan fingerprint density at radius 1 is 1.00 bits per heavy atom. The number of halogens is 1. The van der Waals surface area contributed by atoms with Gasteiger partial charge in [-0.2, -0.15) is 0 Å². The third kappa shape index (κ3) is 5.30. The average molecular weight is 320 g/mol. The summed E-state index contributed by atoms with van der Waals surface area (Å²) in [7, 11) is 1.72. The van der Waals surface area contributed by atoms with Gasteiger partial charge in [0.25, 0.3) is 5.91 Å². The number of rotatable bonds is 7. The molecular formula is C17H18ClNO3. The van der Waals surface area contributed by atoms with E-state index in [1.807, 2.05) is 30.3 Å². The van der Waals surface area contributed by atoms with Gasteiger partial charge in [0.05, 0.1) is 6.54 Å². The summed E-state index contributed by atoms with van der Waals surface area (Å²) in [5, 5.41) is 0.665. The maximum absolute atomic E-state index is 11.9. The number of nitrogens with zero attached hydrogens (tertiary/aromatic N) is 1. The highest BCUT2D eigenvalue weighted by Crippen LogP contribution is 2.15. The van der Waals surface area contributed by atoms with E-state index in [0.29, 0.717) is 23.9 Å². The minimum absolute atomic E-state index is 0.0153. The first kappa shape index (κ1) is 16.2. The molecule has 1 amide bonds. The summed E-state index contributed by atoms with van der Waals surface area (Å²) < 4.78 is 11.0. The van der Waals surface area contributed by atoms with Gasteiger partial charge in [-0.3, -0.25) is 4.79 Å². The lowest BCUT2D eigenvalue weighted by atomic mass is 10.3. The third-order valence-electron chi connectivity index (χ3n) is 3.04. The highest BCUT2D eigenvalue weighted by Gasteiger charge is 2.09. The number of carbonyl (C=O) groups is 1. The first-order chi connectivity index (χ1) is 10.6. The van der Waals surface area contributed by atoms with Crippen LogP contribution in [0.2, 0.25) is 5.02 Å². The van der Waals surface area contributed by atoms with Crippen LogP contribution in [-0.4, -0.2) is 37.6 Å². The fourth-order valence-corrected chi connectivity index (χ4v) is 1.85. The fraction of sp³-hybridized carbons (Fsp3) is 0.235. The Kier molecular flexibility index (Phi) is 6.10. The van der Waals surface area contributed by atoms with Gasteiger partial charge in [-0.25, -0.2) is 0 Å². The molecule has 0 unspecified atom stereocenters. The zero-order valence-corrected chi connectivity index (χ0v) is 13.1. The van der Waals surface area contributed by atoms with E-state index in [-0.39, 0.29) is 12.5 Å². The van der Waals surface area contributed by atoms with Crippen LogP contribution in [-0.2, 0) is 4.79 Å². The number of hydrogen-bond acceptors (Lipinski definition) is 3. The number of hydrogen-bond donors (Lipinski definition) is 0. The third-order valence-corrected chi connectivity index (χ3v) is 3.29. The molecule has 0 atom stereocenters. The van der Waals surface area contributed by atoms with Crippen LogP contribution in [0.15, 0.2) is 54.6 Å². The van der Waals surface area contributed by atoms with Crippen LogP contribution in [0.5, 0.6) is 11.5 Å². The van der Waals surface area contributed by atoms with E-state index in [9.17, 15) is 4.79 Å². The average Bonchev–Trinajstić information content (AvgIpc) is 2.55. The topological polar surface area (TPSA) is 38.8 Å². The minimum atomic E-state index is -0.0939. The van der Waals surface area contributed by atoms with Crippen molar-refractivity contribution in [1.29, 1.82) is 0 Å². The number of benzene rings is 2. The van der Waals surface area contributed by atoms with Crippen LogP contribution in [0.3, 0.4) is 0 Å². The van der Waals surface area contributed by atoms with Gasteiger partial charge >= 0.3 is 0 Å². The largest absolute Gasteiger partial charge is 0.492 e. The number of ether oxygens (including phenoxy) is 2. The Hall–Kier alpha value is -2.20. The lowest BCUT2D eigenvalue weighted by molar-refractivity contribution is -0.132. The van der Waals surface area contributed by atoms with Gasteiger partial charge in [0, 0.05) is 12.1 Å². The number of carbonyl (C=O) groups excluding carboxylic acids is 1. The van der Waals surface area contributed by atoms with E-state index in [4.69, 9.17) is 21.1 Å². The highest BCUT2D eigenvalue weighted by molar-refractivity contribution is 6.30. The number of para-hydroxylation sites is 1. The number of amides is 1. The first-order valence-corrected chi connectivity index (χ1v) is 7.33. The van der Waals surface area contributed by atoms with Crippen molar-refractivity contribution >= 4 is 17.5 Å². The predicted octanol–water partition coefficient (Wildman–Crippen LogP) is 3.26. The van der Waals surface area contributed by atoms with E-state index in [1.54, 1.807) is 36.2 Å². The molecule has 0 spiro atoms. The monoisotopic (exact) mass is 319 g/mol. The second-order valence-corrected chi connectivity index (χ2v) is 5.16. The van der Waals surface area contributed by atoms with Crippen LogP contribution >= 0.6 is 11.6 Å². The molecule has 22 heavy (non-hydrogen) atoms. The van der Waals surface area contributed by atoms with Crippen LogP contribution in [0, 0.1) is 0 Å². The molecule has 0 aromatic heterocycles. The molecule has 116 valence electrons. The maximum atomic E-state index is 11.9. The molecule has 0 N–H and O–H groups in total. The van der Waals surface area contributed by atoms with Gasteiger partial charge in [-0.05, 0) is 36.4 Å². The number of likely N-dealkylation sites (N-methyl/N-ethyl adjacent to an activating group) is 1. The zero-order chi connectivity index (χ0) is 15.8. The highest BCUT2D eigenvalue weighted by atomic mass is 35.5.